The molecule has 8 heteroatoms. The molecule has 25 heavy (non-hydrogen) atoms. The fourth-order valence-electron chi connectivity index (χ4n) is 3.54. The molecule has 1 aliphatic heterocycles. The van der Waals surface area contributed by atoms with Gasteiger partial charge in [-0.05, 0) is 49.9 Å². The van der Waals surface area contributed by atoms with Crippen molar-refractivity contribution >= 4 is 33.3 Å². The van der Waals surface area contributed by atoms with Crippen molar-refractivity contribution in [2.75, 3.05) is 21.9 Å². The molecule has 1 aliphatic carbocycles. The quantitative estimate of drug-likeness (QED) is 0.849. The van der Waals surface area contributed by atoms with Crippen LogP contribution in [0, 0.1) is 11.8 Å². The minimum atomic E-state index is -3.22. The van der Waals surface area contributed by atoms with E-state index in [2.05, 4.69) is 5.32 Å². The average Bonchev–Trinajstić information content (AvgIpc) is 2.95. The zero-order chi connectivity index (χ0) is 18.0. The molecule has 1 aromatic rings. The van der Waals surface area contributed by atoms with Crippen LogP contribution in [0.15, 0.2) is 24.3 Å². The number of carbonyl (C=O) groups is 2. The summed E-state index contributed by atoms with van der Waals surface area (Å²) >= 11 is 0. The third-order valence-corrected chi connectivity index (χ3v) is 6.79. The van der Waals surface area contributed by atoms with Crippen molar-refractivity contribution < 1.29 is 23.1 Å². The molecule has 0 radical (unpaired) electrons. The van der Waals surface area contributed by atoms with Crippen LogP contribution in [0.1, 0.15) is 32.1 Å². The van der Waals surface area contributed by atoms with Gasteiger partial charge in [0.25, 0.3) is 0 Å². The fourth-order valence-corrected chi connectivity index (χ4v) is 5.10. The van der Waals surface area contributed by atoms with Gasteiger partial charge in [0, 0.05) is 18.2 Å². The highest BCUT2D eigenvalue weighted by Crippen LogP contribution is 2.31. The third kappa shape index (κ3) is 3.95. The molecule has 7 nitrogen and oxygen atoms in total. The molecule has 136 valence electrons. The van der Waals surface area contributed by atoms with E-state index in [-0.39, 0.29) is 17.6 Å². The van der Waals surface area contributed by atoms with Gasteiger partial charge in [0.15, 0.2) is 0 Å². The topological polar surface area (TPSA) is 104 Å². The summed E-state index contributed by atoms with van der Waals surface area (Å²) in [5.41, 5.74) is 1.18. The summed E-state index contributed by atoms with van der Waals surface area (Å²) in [5.74, 6) is -1.60. The lowest BCUT2D eigenvalue weighted by molar-refractivity contribution is -0.143. The van der Waals surface area contributed by atoms with E-state index in [1.54, 1.807) is 24.3 Å². The van der Waals surface area contributed by atoms with Gasteiger partial charge in [-0.25, -0.2) is 8.42 Å². The van der Waals surface area contributed by atoms with E-state index in [1.165, 1.54) is 4.31 Å². The normalized spacial score (nSPS) is 25.5. The van der Waals surface area contributed by atoms with Crippen LogP contribution in [0.25, 0.3) is 0 Å². The van der Waals surface area contributed by atoms with Crippen molar-refractivity contribution in [2.24, 2.45) is 11.8 Å². The lowest BCUT2D eigenvalue weighted by atomic mass is 9.81. The van der Waals surface area contributed by atoms with Crippen molar-refractivity contribution in [1.29, 1.82) is 0 Å². The first kappa shape index (κ1) is 17.7. The van der Waals surface area contributed by atoms with Crippen molar-refractivity contribution in [3.63, 3.8) is 0 Å². The number of carboxylic acid groups (broad SMARTS) is 1. The van der Waals surface area contributed by atoms with Crippen LogP contribution >= 0.6 is 0 Å². The number of anilines is 2. The van der Waals surface area contributed by atoms with Crippen LogP contribution in [-0.4, -0.2) is 37.7 Å². The number of rotatable bonds is 4. The van der Waals surface area contributed by atoms with Gasteiger partial charge in [-0.15, -0.1) is 0 Å². The van der Waals surface area contributed by atoms with Gasteiger partial charge in [0.1, 0.15) is 0 Å². The molecule has 0 aromatic heterocycles. The predicted octanol–water partition coefficient (Wildman–Crippen LogP) is 2.06. The SMILES string of the molecule is O=C(O)C1CCCC(C(=O)Nc2ccc(N3CCCS3(=O)=O)cc2)C1. The Balaban J connectivity index is 1.63. The number of carboxylic acids is 1. The second-order valence-corrected chi connectivity index (χ2v) is 8.69. The maximum atomic E-state index is 12.4. The molecule has 1 saturated heterocycles. The van der Waals surface area contributed by atoms with Crippen molar-refractivity contribution in [2.45, 2.75) is 32.1 Å². The summed E-state index contributed by atoms with van der Waals surface area (Å²) in [6.07, 6.45) is 3.04. The summed E-state index contributed by atoms with van der Waals surface area (Å²) < 4.78 is 25.2. The Morgan fingerprint density at radius 1 is 1.08 bits per heavy atom. The number of hydrogen-bond donors (Lipinski definition) is 2. The van der Waals surface area contributed by atoms with Crippen LogP contribution < -0.4 is 9.62 Å². The largest absolute Gasteiger partial charge is 0.481 e. The summed E-state index contributed by atoms with van der Waals surface area (Å²) in [7, 11) is -3.22. The molecular weight excluding hydrogens is 344 g/mol. The van der Waals surface area contributed by atoms with Gasteiger partial charge in [0.05, 0.1) is 17.4 Å². The average molecular weight is 366 g/mol. The summed E-state index contributed by atoms with van der Waals surface area (Å²) in [5, 5.41) is 11.9. The number of benzene rings is 1. The molecule has 1 heterocycles. The molecular formula is C17H22N2O5S. The van der Waals surface area contributed by atoms with Crippen LogP contribution in [0.5, 0.6) is 0 Å². The zero-order valence-corrected chi connectivity index (χ0v) is 14.7. The van der Waals surface area contributed by atoms with Gasteiger partial charge >= 0.3 is 5.97 Å². The van der Waals surface area contributed by atoms with E-state index in [1.807, 2.05) is 0 Å². The lowest BCUT2D eigenvalue weighted by Gasteiger charge is -2.25. The van der Waals surface area contributed by atoms with Gasteiger partial charge in [0.2, 0.25) is 15.9 Å². The number of sulfonamides is 1. The van der Waals surface area contributed by atoms with E-state index in [9.17, 15) is 18.0 Å². The molecule has 3 rings (SSSR count). The maximum absolute atomic E-state index is 12.4. The number of nitrogens with one attached hydrogen (secondary N) is 1. The first-order valence-electron chi connectivity index (χ1n) is 8.51. The first-order valence-corrected chi connectivity index (χ1v) is 10.1. The minimum absolute atomic E-state index is 0.165. The molecule has 2 fully saturated rings. The number of amides is 1. The Bertz CT molecular complexity index is 760. The van der Waals surface area contributed by atoms with E-state index >= 15 is 0 Å². The van der Waals surface area contributed by atoms with E-state index in [0.29, 0.717) is 43.6 Å². The third-order valence-electron chi connectivity index (χ3n) is 4.92. The highest BCUT2D eigenvalue weighted by molar-refractivity contribution is 7.93. The molecule has 0 spiro atoms. The fraction of sp³-hybridized carbons (Fsp3) is 0.529. The van der Waals surface area contributed by atoms with Crippen molar-refractivity contribution in [3.05, 3.63) is 24.3 Å². The number of carbonyl (C=O) groups excluding carboxylic acids is 1. The molecule has 0 bridgehead atoms. The second-order valence-electron chi connectivity index (χ2n) is 6.68. The predicted molar refractivity (Wildman–Crippen MR) is 93.9 cm³/mol. The maximum Gasteiger partial charge on any atom is 0.306 e. The Hall–Kier alpha value is -2.09. The Kier molecular flexibility index (Phi) is 4.99. The first-order chi connectivity index (χ1) is 11.9. The van der Waals surface area contributed by atoms with E-state index in [4.69, 9.17) is 5.11 Å². The molecule has 2 atom stereocenters. The Morgan fingerprint density at radius 3 is 2.36 bits per heavy atom. The number of nitrogens with zero attached hydrogens (tertiary/aromatic N) is 1. The highest BCUT2D eigenvalue weighted by atomic mass is 32.2. The Labute approximate surface area is 147 Å². The second kappa shape index (κ2) is 7.03. The van der Waals surface area contributed by atoms with Crippen LogP contribution in [0.4, 0.5) is 11.4 Å². The highest BCUT2D eigenvalue weighted by Gasteiger charge is 2.31. The monoisotopic (exact) mass is 366 g/mol. The molecule has 1 aromatic carbocycles. The minimum Gasteiger partial charge on any atom is -0.481 e. The van der Waals surface area contributed by atoms with Gasteiger partial charge in [-0.1, -0.05) is 6.42 Å². The molecule has 2 unspecified atom stereocenters. The molecule has 2 aliphatic rings. The van der Waals surface area contributed by atoms with Crippen LogP contribution in [0.3, 0.4) is 0 Å². The van der Waals surface area contributed by atoms with Crippen LogP contribution in [0.2, 0.25) is 0 Å². The molecule has 1 saturated carbocycles. The van der Waals surface area contributed by atoms with Gasteiger partial charge in [-0.2, -0.15) is 0 Å². The van der Waals surface area contributed by atoms with Crippen LogP contribution in [-0.2, 0) is 19.6 Å². The zero-order valence-electron chi connectivity index (χ0n) is 13.8. The molecule has 2 N–H and O–H groups in total. The summed E-state index contributed by atoms with van der Waals surface area (Å²) in [6.45, 7) is 0.479. The van der Waals surface area contributed by atoms with Crippen molar-refractivity contribution in [1.82, 2.24) is 0 Å². The smallest absolute Gasteiger partial charge is 0.306 e. The standard InChI is InChI=1S/C17H22N2O5S/c20-16(12-3-1-4-13(11-12)17(21)22)18-14-5-7-15(8-6-14)19-9-2-10-25(19,23)24/h5-8,12-13H,1-4,9-11H2,(H,18,20)(H,21,22). The summed E-state index contributed by atoms with van der Waals surface area (Å²) in [6, 6.07) is 6.72. The number of hydrogen-bond acceptors (Lipinski definition) is 4. The van der Waals surface area contributed by atoms with Gasteiger partial charge in [-0.3, -0.25) is 13.9 Å². The molecule has 1 amide bonds. The Morgan fingerprint density at radius 2 is 1.76 bits per heavy atom. The van der Waals surface area contributed by atoms with Crippen molar-refractivity contribution in [3.8, 4) is 0 Å². The number of aliphatic carboxylic acids is 1. The van der Waals surface area contributed by atoms with E-state index in [0.717, 1.165) is 6.42 Å². The van der Waals surface area contributed by atoms with Gasteiger partial charge < -0.3 is 10.4 Å². The summed E-state index contributed by atoms with van der Waals surface area (Å²) in [4.78, 5) is 23.5. The van der Waals surface area contributed by atoms with E-state index < -0.39 is 21.9 Å². The lowest BCUT2D eigenvalue weighted by Crippen LogP contribution is -2.31.